The van der Waals surface area contributed by atoms with Gasteiger partial charge in [0, 0.05) is 26.2 Å². The van der Waals surface area contributed by atoms with Crippen molar-refractivity contribution in [2.75, 3.05) is 37.7 Å². The van der Waals surface area contributed by atoms with E-state index < -0.39 is 0 Å². The summed E-state index contributed by atoms with van der Waals surface area (Å²) in [6.07, 6.45) is 0.00946. The maximum Gasteiger partial charge on any atom is 0.230 e. The van der Waals surface area contributed by atoms with Crippen molar-refractivity contribution in [3.63, 3.8) is 0 Å². The van der Waals surface area contributed by atoms with Crippen molar-refractivity contribution >= 4 is 17.4 Å². The molecule has 1 aromatic rings. The van der Waals surface area contributed by atoms with E-state index in [4.69, 9.17) is 4.74 Å². The highest BCUT2D eigenvalue weighted by atomic mass is 16.5. The molecule has 1 fully saturated rings. The van der Waals surface area contributed by atoms with E-state index in [0.29, 0.717) is 19.7 Å². The minimum Gasteiger partial charge on any atom is -0.492 e. The summed E-state index contributed by atoms with van der Waals surface area (Å²) in [6, 6.07) is 7.95. The van der Waals surface area contributed by atoms with Crippen molar-refractivity contribution in [3.8, 4) is 5.75 Å². The number of para-hydroxylation sites is 2. The van der Waals surface area contributed by atoms with Gasteiger partial charge in [-0.15, -0.1) is 0 Å². The fourth-order valence-electron chi connectivity index (χ4n) is 2.52. The van der Waals surface area contributed by atoms with Crippen LogP contribution in [0.3, 0.4) is 0 Å². The molecule has 0 unspecified atom stereocenters. The molecule has 0 aliphatic carbocycles. The van der Waals surface area contributed by atoms with Crippen LogP contribution in [-0.2, 0) is 9.59 Å². The maximum absolute atomic E-state index is 11.9. The summed E-state index contributed by atoms with van der Waals surface area (Å²) >= 11 is 0. The van der Waals surface area contributed by atoms with E-state index in [1.807, 2.05) is 31.2 Å². The first-order valence-electron chi connectivity index (χ1n) is 7.35. The number of ketones is 1. The van der Waals surface area contributed by atoms with Gasteiger partial charge in [0.2, 0.25) is 5.91 Å². The van der Waals surface area contributed by atoms with Crippen LogP contribution in [0.25, 0.3) is 0 Å². The zero-order chi connectivity index (χ0) is 15.2. The summed E-state index contributed by atoms with van der Waals surface area (Å²) in [5.74, 6) is 0.730. The van der Waals surface area contributed by atoms with Gasteiger partial charge in [-0.25, -0.2) is 0 Å². The monoisotopic (exact) mass is 290 g/mol. The van der Waals surface area contributed by atoms with Crippen LogP contribution in [0.5, 0.6) is 5.75 Å². The number of rotatable bonds is 5. The predicted molar refractivity (Wildman–Crippen MR) is 81.7 cm³/mol. The zero-order valence-corrected chi connectivity index (χ0v) is 12.7. The largest absolute Gasteiger partial charge is 0.492 e. The molecular formula is C16H22N2O3. The molecule has 0 spiro atoms. The van der Waals surface area contributed by atoms with Crippen molar-refractivity contribution in [2.24, 2.45) is 0 Å². The lowest BCUT2D eigenvalue weighted by Gasteiger charge is -2.36. The molecule has 1 saturated heterocycles. The van der Waals surface area contributed by atoms with E-state index in [0.717, 1.165) is 24.5 Å². The van der Waals surface area contributed by atoms with Crippen molar-refractivity contribution in [3.05, 3.63) is 24.3 Å². The number of ether oxygens (including phenoxy) is 1. The lowest BCUT2D eigenvalue weighted by atomic mass is 10.2. The van der Waals surface area contributed by atoms with Gasteiger partial charge in [-0.1, -0.05) is 12.1 Å². The average molecular weight is 290 g/mol. The molecule has 1 heterocycles. The molecule has 5 nitrogen and oxygen atoms in total. The highest BCUT2D eigenvalue weighted by Gasteiger charge is 2.23. The van der Waals surface area contributed by atoms with Crippen LogP contribution in [-0.4, -0.2) is 49.4 Å². The molecular weight excluding hydrogens is 268 g/mol. The molecule has 0 bridgehead atoms. The first-order valence-corrected chi connectivity index (χ1v) is 7.35. The minimum absolute atomic E-state index is 0.00946. The molecule has 1 aliphatic rings. The summed E-state index contributed by atoms with van der Waals surface area (Å²) in [5, 5.41) is 0. The number of carbonyl (C=O) groups excluding carboxylic acids is 2. The van der Waals surface area contributed by atoms with E-state index in [9.17, 15) is 9.59 Å². The Morgan fingerprint density at radius 2 is 1.81 bits per heavy atom. The summed E-state index contributed by atoms with van der Waals surface area (Å²) in [7, 11) is 0. The van der Waals surface area contributed by atoms with Crippen LogP contribution >= 0.6 is 0 Å². The predicted octanol–water partition coefficient (Wildman–Crippen LogP) is 1.71. The van der Waals surface area contributed by atoms with Gasteiger partial charge < -0.3 is 14.5 Å². The van der Waals surface area contributed by atoms with Crippen LogP contribution in [0.1, 0.15) is 20.3 Å². The van der Waals surface area contributed by atoms with Gasteiger partial charge in [-0.2, -0.15) is 0 Å². The summed E-state index contributed by atoms with van der Waals surface area (Å²) in [4.78, 5) is 26.9. The molecule has 0 saturated carbocycles. The Bertz CT molecular complexity index is 508. The van der Waals surface area contributed by atoms with Gasteiger partial charge in [0.05, 0.1) is 18.7 Å². The molecule has 0 radical (unpaired) electrons. The molecule has 5 heteroatoms. The van der Waals surface area contributed by atoms with Crippen molar-refractivity contribution in [1.29, 1.82) is 0 Å². The van der Waals surface area contributed by atoms with Gasteiger partial charge >= 0.3 is 0 Å². The number of anilines is 1. The van der Waals surface area contributed by atoms with Gasteiger partial charge in [0.25, 0.3) is 0 Å². The van der Waals surface area contributed by atoms with E-state index in [2.05, 4.69) is 4.90 Å². The maximum atomic E-state index is 11.9. The zero-order valence-electron chi connectivity index (χ0n) is 12.7. The molecule has 1 amide bonds. The van der Waals surface area contributed by atoms with Crippen LogP contribution in [0.15, 0.2) is 24.3 Å². The van der Waals surface area contributed by atoms with Crippen molar-refractivity contribution in [2.45, 2.75) is 20.3 Å². The topological polar surface area (TPSA) is 49.9 Å². The molecule has 21 heavy (non-hydrogen) atoms. The number of Topliss-reactive ketones (excluding diaryl/α,β-unsaturated/α-hetero) is 1. The summed E-state index contributed by atoms with van der Waals surface area (Å²) in [5.41, 5.74) is 1.07. The molecule has 0 aromatic heterocycles. The lowest BCUT2D eigenvalue weighted by Crippen LogP contribution is -2.49. The Morgan fingerprint density at radius 1 is 1.14 bits per heavy atom. The Labute approximate surface area is 125 Å². The van der Waals surface area contributed by atoms with E-state index in [-0.39, 0.29) is 18.1 Å². The molecule has 1 aromatic carbocycles. The normalized spacial score (nSPS) is 15.0. The number of hydrogen-bond acceptors (Lipinski definition) is 4. The Morgan fingerprint density at radius 3 is 2.43 bits per heavy atom. The SMILES string of the molecule is CCOc1ccccc1N1CCN(C(=O)CC(C)=O)CC1. The number of benzene rings is 1. The number of amides is 1. The van der Waals surface area contributed by atoms with E-state index in [1.165, 1.54) is 6.92 Å². The third-order valence-electron chi connectivity index (χ3n) is 3.54. The molecule has 114 valence electrons. The third kappa shape index (κ3) is 3.97. The van der Waals surface area contributed by atoms with Crippen LogP contribution in [0.2, 0.25) is 0 Å². The molecule has 0 atom stereocenters. The second kappa shape index (κ2) is 7.11. The van der Waals surface area contributed by atoms with Crippen LogP contribution in [0.4, 0.5) is 5.69 Å². The summed E-state index contributed by atoms with van der Waals surface area (Å²) < 4.78 is 5.65. The first-order chi connectivity index (χ1) is 10.1. The van der Waals surface area contributed by atoms with Gasteiger partial charge in [0.1, 0.15) is 11.5 Å². The Hall–Kier alpha value is -2.04. The van der Waals surface area contributed by atoms with Crippen LogP contribution < -0.4 is 9.64 Å². The summed E-state index contributed by atoms with van der Waals surface area (Å²) in [6.45, 7) is 6.86. The van der Waals surface area contributed by atoms with Crippen LogP contribution in [0, 0.1) is 0 Å². The number of piperazine rings is 1. The fourth-order valence-corrected chi connectivity index (χ4v) is 2.52. The highest BCUT2D eigenvalue weighted by Crippen LogP contribution is 2.28. The van der Waals surface area contributed by atoms with E-state index in [1.54, 1.807) is 4.90 Å². The molecule has 2 rings (SSSR count). The van der Waals surface area contributed by atoms with Crippen molar-refractivity contribution in [1.82, 2.24) is 4.90 Å². The highest BCUT2D eigenvalue weighted by molar-refractivity contribution is 5.96. The quantitative estimate of drug-likeness (QED) is 0.775. The second-order valence-electron chi connectivity index (χ2n) is 5.15. The first kappa shape index (κ1) is 15.4. The molecule has 1 aliphatic heterocycles. The third-order valence-corrected chi connectivity index (χ3v) is 3.54. The van der Waals surface area contributed by atoms with Gasteiger partial charge in [-0.05, 0) is 26.0 Å². The van der Waals surface area contributed by atoms with Gasteiger partial charge in [-0.3, -0.25) is 9.59 Å². The second-order valence-corrected chi connectivity index (χ2v) is 5.15. The minimum atomic E-state index is -0.0795. The van der Waals surface area contributed by atoms with Gasteiger partial charge in [0.15, 0.2) is 0 Å². The number of nitrogens with zero attached hydrogens (tertiary/aromatic N) is 2. The average Bonchev–Trinajstić information content (AvgIpc) is 2.48. The Kier molecular flexibility index (Phi) is 5.20. The lowest BCUT2D eigenvalue weighted by molar-refractivity contribution is -0.135. The van der Waals surface area contributed by atoms with E-state index >= 15 is 0 Å². The number of carbonyl (C=O) groups is 2. The molecule has 0 N–H and O–H groups in total. The standard InChI is InChI=1S/C16H22N2O3/c1-3-21-15-7-5-4-6-14(15)17-8-10-18(11-9-17)16(20)12-13(2)19/h4-7H,3,8-12H2,1-2H3. The smallest absolute Gasteiger partial charge is 0.230 e. The number of hydrogen-bond donors (Lipinski definition) is 0. The fraction of sp³-hybridized carbons (Fsp3) is 0.500. The Balaban J connectivity index is 1.98. The van der Waals surface area contributed by atoms with Crippen molar-refractivity contribution < 1.29 is 14.3 Å².